The molecule has 2 nitrogen and oxygen atoms in total. The lowest BCUT2D eigenvalue weighted by molar-refractivity contribution is 0.262. The van der Waals surface area contributed by atoms with Gasteiger partial charge in [-0.1, -0.05) is 147 Å². The largest absolute Gasteiger partial charge is 0.334 e. The monoisotopic (exact) mass is 930 g/mol. The number of hydrogen-bond acceptors (Lipinski definition) is 4. The van der Waals surface area contributed by atoms with Crippen LogP contribution in [0, 0.1) is 0 Å². The van der Waals surface area contributed by atoms with Crippen molar-refractivity contribution in [2.75, 3.05) is 22.3 Å². The first kappa shape index (κ1) is 42.0. The number of nitrogens with zero attached hydrogens (tertiary/aromatic N) is 2. The molecule has 2 saturated carbocycles. The van der Waals surface area contributed by atoms with Gasteiger partial charge in [0.25, 0.3) is 0 Å². The zero-order valence-electron chi connectivity index (χ0n) is 40.2. The lowest BCUT2D eigenvalue weighted by atomic mass is 9.69. The first-order chi connectivity index (χ1) is 33.8. The van der Waals surface area contributed by atoms with Crippen molar-refractivity contribution < 1.29 is 0 Å². The molecule has 4 atom stereocenters. The quantitative estimate of drug-likeness (QED) is 0.164. The van der Waals surface area contributed by atoms with Crippen LogP contribution in [0.15, 0.2) is 182 Å². The number of thioether (sulfide) groups is 2. The molecule has 8 aromatic carbocycles. The number of rotatable bonds is 6. The van der Waals surface area contributed by atoms with Crippen molar-refractivity contribution in [1.82, 2.24) is 0 Å². The normalized spacial score (nSPS) is 25.0. The summed E-state index contributed by atoms with van der Waals surface area (Å²) >= 11 is 4.17. The second-order valence-electron chi connectivity index (χ2n) is 21.2. The van der Waals surface area contributed by atoms with Crippen LogP contribution in [0.3, 0.4) is 0 Å². The van der Waals surface area contributed by atoms with Gasteiger partial charge in [0.15, 0.2) is 0 Å². The first-order valence-corrected chi connectivity index (χ1v) is 27.9. The Morgan fingerprint density at radius 1 is 0.348 bits per heavy atom. The van der Waals surface area contributed by atoms with E-state index in [9.17, 15) is 0 Å². The molecule has 2 aliphatic heterocycles. The van der Waals surface area contributed by atoms with Crippen molar-refractivity contribution in [3.63, 3.8) is 0 Å². The molecule has 4 heteroatoms. The van der Waals surface area contributed by atoms with Crippen molar-refractivity contribution in [2.24, 2.45) is 0 Å². The van der Waals surface area contributed by atoms with Gasteiger partial charge in [0.2, 0.25) is 0 Å². The van der Waals surface area contributed by atoms with Crippen LogP contribution in [-0.2, 0) is 14.9 Å². The molecule has 0 saturated heterocycles. The van der Waals surface area contributed by atoms with Gasteiger partial charge in [-0.15, -0.1) is 0 Å². The van der Waals surface area contributed by atoms with Crippen LogP contribution in [0.4, 0.5) is 22.7 Å². The van der Waals surface area contributed by atoms with E-state index in [1.807, 2.05) is 0 Å². The molecule has 6 aliphatic rings. The van der Waals surface area contributed by atoms with Crippen molar-refractivity contribution >= 4 is 46.3 Å². The highest BCUT2D eigenvalue weighted by atomic mass is 32.2. The highest BCUT2D eigenvalue weighted by Gasteiger charge is 2.62. The van der Waals surface area contributed by atoms with E-state index in [1.165, 1.54) is 152 Å². The molecule has 14 rings (SSSR count). The van der Waals surface area contributed by atoms with Crippen molar-refractivity contribution in [1.29, 1.82) is 0 Å². The summed E-state index contributed by atoms with van der Waals surface area (Å²) in [4.78, 5) is 5.41. The number of anilines is 4. The average Bonchev–Trinajstić information content (AvgIpc) is 4.03. The summed E-state index contributed by atoms with van der Waals surface area (Å²) in [5, 5.41) is 0. The molecule has 1 spiro atoms. The van der Waals surface area contributed by atoms with E-state index >= 15 is 0 Å². The minimum absolute atomic E-state index is 0.00279. The standard InChI is InChI=1S/C65H58N2S2/c1-61-35-15-17-37-63(61,68-3)57-41-45(29-33-59(57)66(61)47-19-7-5-8-20-47)43-27-31-51-52-32-28-44(40-56(52)65(55(51)39-43)53-25-13-11-23-49(53)50-24-12-14-26-54(50)65)46-30-34-60-58(42-46)64(69-4)38-18-16-36-62(64,2)67(60)48-21-9-6-10-22-48/h5-14,19-34,39-42H,15-18,35-38H2,1-4H3. The molecular formula is C65H58N2S2. The van der Waals surface area contributed by atoms with Crippen molar-refractivity contribution in [3.05, 3.63) is 215 Å². The maximum atomic E-state index is 2.70. The molecule has 2 fully saturated rings. The fraction of sp³-hybridized carbons (Fsp3) is 0.262. The zero-order chi connectivity index (χ0) is 46.3. The molecule has 8 aromatic rings. The molecule has 0 amide bonds. The fourth-order valence-corrected chi connectivity index (χ4v) is 18.2. The molecule has 0 aromatic heterocycles. The predicted octanol–water partition coefficient (Wildman–Crippen LogP) is 17.4. The van der Waals surface area contributed by atoms with Gasteiger partial charge in [0.1, 0.15) is 0 Å². The van der Waals surface area contributed by atoms with Crippen LogP contribution in [0.5, 0.6) is 0 Å². The summed E-state index contributed by atoms with van der Waals surface area (Å²) < 4.78 is 0.00558. The van der Waals surface area contributed by atoms with E-state index in [4.69, 9.17) is 0 Å². The van der Waals surface area contributed by atoms with Crippen LogP contribution < -0.4 is 9.80 Å². The van der Waals surface area contributed by atoms with Crippen LogP contribution in [-0.4, -0.2) is 23.6 Å². The molecule has 0 bridgehead atoms. The van der Waals surface area contributed by atoms with Crippen LogP contribution in [0.2, 0.25) is 0 Å². The molecule has 4 unspecified atom stereocenters. The topological polar surface area (TPSA) is 6.48 Å². The lowest BCUT2D eigenvalue weighted by Crippen LogP contribution is -2.54. The second kappa shape index (κ2) is 15.0. The summed E-state index contributed by atoms with van der Waals surface area (Å²) in [5.41, 5.74) is 24.0. The molecule has 4 aliphatic carbocycles. The maximum Gasteiger partial charge on any atom is 0.0725 e. The van der Waals surface area contributed by atoms with E-state index in [-0.39, 0.29) is 20.6 Å². The van der Waals surface area contributed by atoms with E-state index in [0.717, 1.165) is 0 Å². The van der Waals surface area contributed by atoms with Gasteiger partial charge in [-0.05, 0) is 191 Å². The fourth-order valence-electron chi connectivity index (χ4n) is 15.4. The minimum Gasteiger partial charge on any atom is -0.334 e. The first-order valence-electron chi connectivity index (χ1n) is 25.4. The Labute approximate surface area is 417 Å². The lowest BCUT2D eigenvalue weighted by Gasteiger charge is -2.51. The Morgan fingerprint density at radius 3 is 1.12 bits per heavy atom. The smallest absolute Gasteiger partial charge is 0.0725 e. The maximum absolute atomic E-state index is 2.70. The van der Waals surface area contributed by atoms with Crippen LogP contribution >= 0.6 is 23.5 Å². The van der Waals surface area contributed by atoms with Gasteiger partial charge < -0.3 is 9.80 Å². The molecule has 340 valence electrons. The van der Waals surface area contributed by atoms with Crippen molar-refractivity contribution in [2.45, 2.75) is 91.2 Å². The van der Waals surface area contributed by atoms with Gasteiger partial charge >= 0.3 is 0 Å². The Bertz CT molecular complexity index is 3170. The van der Waals surface area contributed by atoms with E-state index < -0.39 is 5.41 Å². The molecule has 0 N–H and O–H groups in total. The second-order valence-corrected chi connectivity index (χ2v) is 23.4. The molecule has 2 heterocycles. The third-order valence-electron chi connectivity index (χ3n) is 18.4. The highest BCUT2D eigenvalue weighted by molar-refractivity contribution is 7.99. The Balaban J connectivity index is 0.951. The van der Waals surface area contributed by atoms with Crippen LogP contribution in [0.1, 0.15) is 98.6 Å². The van der Waals surface area contributed by atoms with E-state index in [1.54, 1.807) is 0 Å². The summed E-state index contributed by atoms with van der Waals surface area (Å²) in [6.07, 6.45) is 14.5. The average molecular weight is 931 g/mol. The zero-order valence-corrected chi connectivity index (χ0v) is 41.8. The van der Waals surface area contributed by atoms with Gasteiger partial charge in [0, 0.05) is 22.7 Å². The van der Waals surface area contributed by atoms with Gasteiger partial charge in [-0.25, -0.2) is 0 Å². The van der Waals surface area contributed by atoms with Gasteiger partial charge in [-0.3, -0.25) is 0 Å². The van der Waals surface area contributed by atoms with Gasteiger partial charge in [-0.2, -0.15) is 23.5 Å². The summed E-state index contributed by atoms with van der Waals surface area (Å²) in [6.45, 7) is 5.09. The summed E-state index contributed by atoms with van der Waals surface area (Å²) in [7, 11) is 0. The Hall–Kier alpha value is -5.94. The Morgan fingerprint density at radius 2 is 0.696 bits per heavy atom. The van der Waals surface area contributed by atoms with E-state index in [0.29, 0.717) is 0 Å². The third kappa shape index (κ3) is 5.27. The molecular weight excluding hydrogens is 873 g/mol. The summed E-state index contributed by atoms with van der Waals surface area (Å²) in [6, 6.07) is 70.8. The Kier molecular flexibility index (Phi) is 9.15. The predicted molar refractivity (Wildman–Crippen MR) is 295 cm³/mol. The van der Waals surface area contributed by atoms with Gasteiger partial charge in [0.05, 0.1) is 26.0 Å². The minimum atomic E-state index is -0.462. The van der Waals surface area contributed by atoms with Crippen molar-refractivity contribution in [3.8, 4) is 44.5 Å². The number of hydrogen-bond donors (Lipinski definition) is 0. The number of fused-ring (bicyclic) bond motifs is 16. The third-order valence-corrected chi connectivity index (χ3v) is 21.6. The molecule has 0 radical (unpaired) electrons. The van der Waals surface area contributed by atoms with Crippen LogP contribution in [0.25, 0.3) is 44.5 Å². The number of benzene rings is 8. The summed E-state index contributed by atoms with van der Waals surface area (Å²) in [5.74, 6) is 0. The van der Waals surface area contributed by atoms with E-state index in [2.05, 4.69) is 242 Å². The molecule has 69 heavy (non-hydrogen) atoms. The SMILES string of the molecule is CSC12CCCCC1(C)N(c1ccccc1)c1ccc(-c3ccc4c(c3)C3(c5ccccc5-c5ccccc53)c3cc(-c5ccc6c(c5)C5(SC)CCCCC5(C)N6c5ccccc5)ccc3-4)cc12. The number of para-hydroxylation sites is 2. The highest BCUT2D eigenvalue weighted by Crippen LogP contribution is 2.68.